The number of nitrogens with zero attached hydrogens (tertiary/aromatic N) is 1. The second-order valence-electron chi connectivity index (χ2n) is 3.39. The minimum absolute atomic E-state index is 0.410. The predicted octanol–water partition coefficient (Wildman–Crippen LogP) is 3.01. The summed E-state index contributed by atoms with van der Waals surface area (Å²) in [5.74, 6) is 0. The number of aryl methyl sites for hydroxylation is 1. The van der Waals surface area contributed by atoms with Crippen LogP contribution in [-0.4, -0.2) is 6.54 Å². The number of hydrogen-bond acceptors (Lipinski definition) is 3. The minimum Gasteiger partial charge on any atom is -0.309 e. The molecule has 0 radical (unpaired) electrons. The Bertz CT molecular complexity index is 311. The average Bonchev–Trinajstić information content (AvgIpc) is 2.59. The van der Waals surface area contributed by atoms with Crippen molar-refractivity contribution in [3.8, 4) is 6.07 Å². The van der Waals surface area contributed by atoms with E-state index < -0.39 is 0 Å². The van der Waals surface area contributed by atoms with Crippen molar-refractivity contribution < 1.29 is 0 Å². The maximum absolute atomic E-state index is 8.38. The van der Waals surface area contributed by atoms with E-state index in [1.54, 1.807) is 0 Å². The lowest BCUT2D eigenvalue weighted by Crippen LogP contribution is -2.18. The van der Waals surface area contributed by atoms with E-state index in [1.807, 2.05) is 11.3 Å². The zero-order valence-electron chi connectivity index (χ0n) is 8.71. The standard InChI is InChI=1S/C11H16N2S/c1-9-5-6-11(14-9)10(2)13-8-4-3-7-12/h5-6,10,13H,3-4,8H2,1-2H3. The van der Waals surface area contributed by atoms with E-state index in [1.165, 1.54) is 9.75 Å². The number of hydrogen-bond donors (Lipinski definition) is 1. The molecule has 0 aliphatic heterocycles. The second kappa shape index (κ2) is 5.79. The molecule has 0 aliphatic carbocycles. The first-order valence-electron chi connectivity index (χ1n) is 4.90. The topological polar surface area (TPSA) is 35.8 Å². The molecule has 0 aliphatic rings. The molecule has 2 nitrogen and oxygen atoms in total. The zero-order chi connectivity index (χ0) is 10.4. The summed E-state index contributed by atoms with van der Waals surface area (Å²) >= 11 is 1.83. The first-order valence-corrected chi connectivity index (χ1v) is 5.72. The van der Waals surface area contributed by atoms with E-state index in [0.29, 0.717) is 12.5 Å². The smallest absolute Gasteiger partial charge is 0.0622 e. The van der Waals surface area contributed by atoms with Crippen molar-refractivity contribution in [3.63, 3.8) is 0 Å². The van der Waals surface area contributed by atoms with Gasteiger partial charge in [-0.1, -0.05) is 0 Å². The summed E-state index contributed by atoms with van der Waals surface area (Å²) in [7, 11) is 0. The van der Waals surface area contributed by atoms with Crippen LogP contribution in [0.2, 0.25) is 0 Å². The van der Waals surface area contributed by atoms with Crippen LogP contribution in [0.25, 0.3) is 0 Å². The summed E-state index contributed by atoms with van der Waals surface area (Å²) in [6, 6.07) is 6.87. The fraction of sp³-hybridized carbons (Fsp3) is 0.545. The molecular weight excluding hydrogens is 192 g/mol. The van der Waals surface area contributed by atoms with Crippen LogP contribution >= 0.6 is 11.3 Å². The highest BCUT2D eigenvalue weighted by molar-refractivity contribution is 7.12. The van der Waals surface area contributed by atoms with Gasteiger partial charge in [0.25, 0.3) is 0 Å². The summed E-state index contributed by atoms with van der Waals surface area (Å²) in [5.41, 5.74) is 0. The second-order valence-corrected chi connectivity index (χ2v) is 4.71. The van der Waals surface area contributed by atoms with Crippen LogP contribution in [0.1, 0.15) is 35.6 Å². The van der Waals surface area contributed by atoms with Crippen LogP contribution in [-0.2, 0) is 0 Å². The Hall–Kier alpha value is -0.850. The van der Waals surface area contributed by atoms with Gasteiger partial charge in [-0.05, 0) is 38.9 Å². The Balaban J connectivity index is 2.29. The third kappa shape index (κ3) is 3.49. The van der Waals surface area contributed by atoms with Gasteiger partial charge in [0.15, 0.2) is 0 Å². The first kappa shape index (κ1) is 11.2. The fourth-order valence-corrected chi connectivity index (χ4v) is 2.18. The van der Waals surface area contributed by atoms with E-state index in [0.717, 1.165) is 13.0 Å². The zero-order valence-corrected chi connectivity index (χ0v) is 9.53. The van der Waals surface area contributed by atoms with Crippen molar-refractivity contribution in [2.75, 3.05) is 6.54 Å². The molecule has 0 bridgehead atoms. The molecule has 1 rings (SSSR count). The lowest BCUT2D eigenvalue weighted by molar-refractivity contribution is 0.569. The monoisotopic (exact) mass is 208 g/mol. The van der Waals surface area contributed by atoms with Crippen molar-refractivity contribution in [1.82, 2.24) is 5.32 Å². The number of nitriles is 1. The van der Waals surface area contributed by atoms with E-state index in [2.05, 4.69) is 37.4 Å². The fourth-order valence-electron chi connectivity index (χ4n) is 1.27. The highest BCUT2D eigenvalue weighted by atomic mass is 32.1. The quantitative estimate of drug-likeness (QED) is 0.755. The molecule has 0 saturated heterocycles. The van der Waals surface area contributed by atoms with Crippen molar-refractivity contribution in [1.29, 1.82) is 5.26 Å². The van der Waals surface area contributed by atoms with Crippen LogP contribution in [0.5, 0.6) is 0 Å². The van der Waals surface area contributed by atoms with Crippen LogP contribution in [0.3, 0.4) is 0 Å². The number of unbranched alkanes of at least 4 members (excludes halogenated alkanes) is 1. The van der Waals surface area contributed by atoms with E-state index in [4.69, 9.17) is 5.26 Å². The van der Waals surface area contributed by atoms with Gasteiger partial charge in [-0.15, -0.1) is 11.3 Å². The van der Waals surface area contributed by atoms with E-state index in [9.17, 15) is 0 Å². The molecule has 1 aromatic heterocycles. The van der Waals surface area contributed by atoms with E-state index in [-0.39, 0.29) is 0 Å². The van der Waals surface area contributed by atoms with Gasteiger partial charge in [0.05, 0.1) is 6.07 Å². The summed E-state index contributed by atoms with van der Waals surface area (Å²) in [4.78, 5) is 2.73. The van der Waals surface area contributed by atoms with Gasteiger partial charge in [-0.2, -0.15) is 5.26 Å². The Morgan fingerprint density at radius 3 is 2.93 bits per heavy atom. The highest BCUT2D eigenvalue weighted by Crippen LogP contribution is 2.21. The molecule has 1 aromatic rings. The van der Waals surface area contributed by atoms with Gasteiger partial charge >= 0.3 is 0 Å². The van der Waals surface area contributed by atoms with Crippen LogP contribution in [0.4, 0.5) is 0 Å². The van der Waals surface area contributed by atoms with Gasteiger partial charge in [0.1, 0.15) is 0 Å². The van der Waals surface area contributed by atoms with Gasteiger partial charge in [-0.3, -0.25) is 0 Å². The molecule has 14 heavy (non-hydrogen) atoms. The molecule has 76 valence electrons. The molecular formula is C11H16N2S. The number of nitrogens with one attached hydrogen (secondary N) is 1. The van der Waals surface area contributed by atoms with Gasteiger partial charge in [-0.25, -0.2) is 0 Å². The Labute approximate surface area is 89.6 Å². The minimum atomic E-state index is 0.410. The first-order chi connectivity index (χ1) is 6.74. The molecule has 1 unspecified atom stereocenters. The molecule has 0 saturated carbocycles. The molecule has 0 fully saturated rings. The predicted molar refractivity (Wildman–Crippen MR) is 60.3 cm³/mol. The maximum atomic E-state index is 8.38. The number of rotatable bonds is 5. The van der Waals surface area contributed by atoms with Crippen molar-refractivity contribution >= 4 is 11.3 Å². The van der Waals surface area contributed by atoms with Gasteiger partial charge in [0.2, 0.25) is 0 Å². The average molecular weight is 208 g/mol. The lowest BCUT2D eigenvalue weighted by Gasteiger charge is -2.10. The highest BCUT2D eigenvalue weighted by Gasteiger charge is 2.05. The van der Waals surface area contributed by atoms with Crippen molar-refractivity contribution in [2.24, 2.45) is 0 Å². The summed E-state index contributed by atoms with van der Waals surface area (Å²) < 4.78 is 0. The third-order valence-electron chi connectivity index (χ3n) is 2.10. The summed E-state index contributed by atoms with van der Waals surface area (Å²) in [5, 5.41) is 11.8. The molecule has 1 N–H and O–H groups in total. The largest absolute Gasteiger partial charge is 0.309 e. The normalized spacial score (nSPS) is 12.4. The van der Waals surface area contributed by atoms with Crippen LogP contribution < -0.4 is 5.32 Å². The SMILES string of the molecule is Cc1ccc(C(C)NCCCC#N)s1. The van der Waals surface area contributed by atoms with Crippen LogP contribution in [0.15, 0.2) is 12.1 Å². The van der Waals surface area contributed by atoms with Crippen molar-refractivity contribution in [2.45, 2.75) is 32.7 Å². The summed E-state index contributed by atoms with van der Waals surface area (Å²) in [6.07, 6.45) is 1.58. The molecule has 0 amide bonds. The molecule has 1 heterocycles. The van der Waals surface area contributed by atoms with Crippen molar-refractivity contribution in [3.05, 3.63) is 21.9 Å². The lowest BCUT2D eigenvalue weighted by atomic mass is 10.2. The Morgan fingerprint density at radius 2 is 2.36 bits per heavy atom. The summed E-state index contributed by atoms with van der Waals surface area (Å²) in [6.45, 7) is 5.21. The molecule has 1 atom stereocenters. The number of thiophene rings is 1. The maximum Gasteiger partial charge on any atom is 0.0622 e. The van der Waals surface area contributed by atoms with Gasteiger partial charge < -0.3 is 5.32 Å². The molecule has 3 heteroatoms. The van der Waals surface area contributed by atoms with Gasteiger partial charge in [0, 0.05) is 22.2 Å². The molecule has 0 aromatic carbocycles. The Morgan fingerprint density at radius 1 is 1.57 bits per heavy atom. The Kier molecular flexibility index (Phi) is 4.64. The van der Waals surface area contributed by atoms with E-state index >= 15 is 0 Å². The molecule has 0 spiro atoms. The third-order valence-corrected chi connectivity index (χ3v) is 3.29. The van der Waals surface area contributed by atoms with Crippen LogP contribution in [0, 0.1) is 18.3 Å².